The number of carbonyl (C=O) groups excluding carboxylic acids is 4. The van der Waals surface area contributed by atoms with Crippen LogP contribution < -0.4 is 0 Å². The Morgan fingerprint density at radius 1 is 1.09 bits per heavy atom. The summed E-state index contributed by atoms with van der Waals surface area (Å²) in [6.45, 7) is 3.25. The molecule has 4 atom stereocenters. The topological polar surface area (TPSA) is 145 Å². The van der Waals surface area contributed by atoms with Crippen LogP contribution in [0.3, 0.4) is 0 Å². The predicted octanol–water partition coefficient (Wildman–Crippen LogP) is 0.850. The molecular weight excluding hydrogens is 470 g/mol. The Morgan fingerprint density at radius 2 is 1.79 bits per heavy atom. The zero-order valence-electron chi connectivity index (χ0n) is 18.7. The molecule has 1 aliphatic heterocycles. The Bertz CT molecular complexity index is 1130. The van der Waals surface area contributed by atoms with Crippen LogP contribution in [0.25, 0.3) is 0 Å². The fourth-order valence-electron chi connectivity index (χ4n) is 3.12. The van der Waals surface area contributed by atoms with Crippen LogP contribution >= 0.6 is 11.3 Å². The van der Waals surface area contributed by atoms with E-state index in [9.17, 15) is 19.2 Å². The molecule has 180 valence electrons. The Morgan fingerprint density at radius 3 is 2.38 bits per heavy atom. The predicted molar refractivity (Wildman–Crippen MR) is 113 cm³/mol. The van der Waals surface area contributed by atoms with E-state index in [1.54, 1.807) is 6.07 Å². The highest BCUT2D eigenvalue weighted by molar-refractivity contribution is 7.10. The quantitative estimate of drug-likeness (QED) is 0.322. The molecule has 2 aromatic heterocycles. The zero-order valence-corrected chi connectivity index (χ0v) is 19.5. The number of thiophene rings is 1. The summed E-state index contributed by atoms with van der Waals surface area (Å²) in [5.41, 5.74) is 0. The third-order valence-corrected chi connectivity index (χ3v) is 5.18. The number of methoxy groups -OCH3 is 1. The summed E-state index contributed by atoms with van der Waals surface area (Å²) in [6, 6.07) is 3.61. The van der Waals surface area contributed by atoms with Crippen molar-refractivity contribution in [3.63, 3.8) is 0 Å². The number of hydrogen-bond acceptors (Lipinski definition) is 12. The molecule has 13 heteroatoms. The van der Waals surface area contributed by atoms with Gasteiger partial charge in [0.1, 0.15) is 12.7 Å². The van der Waals surface area contributed by atoms with Crippen LogP contribution in [-0.2, 0) is 38.1 Å². The highest BCUT2D eigenvalue weighted by Gasteiger charge is 2.51. The van der Waals surface area contributed by atoms with E-state index in [0.29, 0.717) is 0 Å². The van der Waals surface area contributed by atoms with Crippen molar-refractivity contribution in [3.8, 4) is 11.8 Å². The van der Waals surface area contributed by atoms with Gasteiger partial charge in [-0.3, -0.25) is 14.4 Å². The SMILES string of the molecule is COC(=O)c1nc(C#Cc2cccs2)n([C@@H]2O[C@H](COC(C)=O)[C@@H](OC(C)=O)[C@H]2OC(C)=O)n1. The minimum Gasteiger partial charge on any atom is -0.463 e. The first-order valence-corrected chi connectivity index (χ1v) is 10.8. The number of aromatic nitrogens is 3. The molecule has 0 bridgehead atoms. The maximum absolute atomic E-state index is 12.1. The third kappa shape index (κ3) is 5.97. The second-order valence-corrected chi connectivity index (χ2v) is 7.89. The van der Waals surface area contributed by atoms with Crippen molar-refractivity contribution in [2.45, 2.75) is 45.3 Å². The molecule has 2 aromatic rings. The Balaban J connectivity index is 2.06. The Kier molecular flexibility index (Phi) is 7.98. The highest BCUT2D eigenvalue weighted by Crippen LogP contribution is 2.34. The van der Waals surface area contributed by atoms with Gasteiger partial charge in [0, 0.05) is 20.8 Å². The smallest absolute Gasteiger partial charge is 0.378 e. The second kappa shape index (κ2) is 10.9. The first-order chi connectivity index (χ1) is 16.2. The minimum atomic E-state index is -1.22. The van der Waals surface area contributed by atoms with E-state index in [-0.39, 0.29) is 18.3 Å². The molecule has 34 heavy (non-hydrogen) atoms. The van der Waals surface area contributed by atoms with Crippen LogP contribution in [0.15, 0.2) is 17.5 Å². The van der Waals surface area contributed by atoms with Gasteiger partial charge in [-0.2, -0.15) is 4.98 Å². The van der Waals surface area contributed by atoms with Gasteiger partial charge in [0.15, 0.2) is 18.4 Å². The molecular formula is C21H21N3O9S. The van der Waals surface area contributed by atoms with Crippen molar-refractivity contribution in [2.75, 3.05) is 13.7 Å². The number of nitrogens with zero attached hydrogens (tertiary/aromatic N) is 3. The van der Waals surface area contributed by atoms with Crippen LogP contribution in [0.4, 0.5) is 0 Å². The molecule has 3 heterocycles. The van der Waals surface area contributed by atoms with E-state index < -0.39 is 48.4 Å². The summed E-state index contributed by atoms with van der Waals surface area (Å²) < 4.78 is 27.5. The summed E-state index contributed by atoms with van der Waals surface area (Å²) in [4.78, 5) is 51.9. The van der Waals surface area contributed by atoms with Crippen LogP contribution in [0.5, 0.6) is 0 Å². The van der Waals surface area contributed by atoms with Crippen molar-refractivity contribution in [1.29, 1.82) is 0 Å². The average Bonchev–Trinajstić information content (AvgIpc) is 3.50. The van der Waals surface area contributed by atoms with Crippen molar-refractivity contribution in [2.24, 2.45) is 0 Å². The molecule has 1 aliphatic rings. The summed E-state index contributed by atoms with van der Waals surface area (Å²) in [6.07, 6.45) is -4.58. The van der Waals surface area contributed by atoms with Gasteiger partial charge in [-0.05, 0) is 23.3 Å². The van der Waals surface area contributed by atoms with Gasteiger partial charge in [0.2, 0.25) is 5.82 Å². The van der Waals surface area contributed by atoms with Crippen LogP contribution in [-0.4, -0.2) is 70.7 Å². The van der Waals surface area contributed by atoms with Gasteiger partial charge < -0.3 is 23.7 Å². The van der Waals surface area contributed by atoms with E-state index in [0.717, 1.165) is 9.56 Å². The van der Waals surface area contributed by atoms with Gasteiger partial charge >= 0.3 is 23.9 Å². The lowest BCUT2D eigenvalue weighted by Crippen LogP contribution is -2.40. The molecule has 12 nitrogen and oxygen atoms in total. The number of rotatable bonds is 6. The monoisotopic (exact) mass is 491 g/mol. The maximum Gasteiger partial charge on any atom is 0.378 e. The molecule has 3 rings (SSSR count). The van der Waals surface area contributed by atoms with Crippen molar-refractivity contribution < 1.29 is 42.9 Å². The van der Waals surface area contributed by atoms with Gasteiger partial charge in [-0.15, -0.1) is 16.4 Å². The lowest BCUT2D eigenvalue weighted by Gasteiger charge is -2.23. The number of hydrogen-bond donors (Lipinski definition) is 0. The van der Waals surface area contributed by atoms with Gasteiger partial charge in [-0.25, -0.2) is 9.48 Å². The molecule has 0 aromatic carbocycles. The van der Waals surface area contributed by atoms with Crippen molar-refractivity contribution in [1.82, 2.24) is 14.8 Å². The van der Waals surface area contributed by atoms with Crippen LogP contribution in [0.2, 0.25) is 0 Å². The molecule has 0 amide bonds. The van der Waals surface area contributed by atoms with Crippen molar-refractivity contribution in [3.05, 3.63) is 34.0 Å². The van der Waals surface area contributed by atoms with E-state index in [2.05, 4.69) is 21.9 Å². The molecule has 0 aliphatic carbocycles. The first kappa shape index (κ1) is 24.9. The van der Waals surface area contributed by atoms with Gasteiger partial charge in [0.25, 0.3) is 5.82 Å². The molecule has 1 fully saturated rings. The molecule has 0 radical (unpaired) electrons. The van der Waals surface area contributed by atoms with E-state index in [4.69, 9.17) is 23.7 Å². The summed E-state index contributed by atoms with van der Waals surface area (Å²) in [5.74, 6) is 2.63. The minimum absolute atomic E-state index is 0.00524. The lowest BCUT2D eigenvalue weighted by molar-refractivity contribution is -0.166. The van der Waals surface area contributed by atoms with E-state index in [1.807, 2.05) is 11.4 Å². The Hall–Kier alpha value is -3.76. The molecule has 1 saturated heterocycles. The molecule has 0 saturated carbocycles. The molecule has 0 spiro atoms. The number of ether oxygens (including phenoxy) is 5. The maximum atomic E-state index is 12.1. The van der Waals surface area contributed by atoms with Crippen LogP contribution in [0.1, 0.15) is 48.3 Å². The molecule has 0 N–H and O–H groups in total. The van der Waals surface area contributed by atoms with E-state index >= 15 is 0 Å². The molecule has 0 unspecified atom stereocenters. The van der Waals surface area contributed by atoms with Gasteiger partial charge in [0.05, 0.1) is 12.0 Å². The van der Waals surface area contributed by atoms with Gasteiger partial charge in [-0.1, -0.05) is 6.07 Å². The standard InChI is InChI=1S/C21H21N3O9S/c1-11(25)30-10-15-17(31-12(2)26)18(32-13(3)27)20(33-15)24-16(8-7-14-6-5-9-34-14)22-19(23-24)21(28)29-4/h5-6,9,15,17-18,20H,10H2,1-4H3/t15-,17-,18-,20-/m1/s1. The summed E-state index contributed by atoms with van der Waals surface area (Å²) in [5, 5.41) is 5.97. The fraction of sp³-hybridized carbons (Fsp3) is 0.429. The fourth-order valence-corrected chi connectivity index (χ4v) is 3.69. The second-order valence-electron chi connectivity index (χ2n) is 6.94. The third-order valence-electron chi connectivity index (χ3n) is 4.40. The van der Waals surface area contributed by atoms with Crippen molar-refractivity contribution >= 4 is 35.2 Å². The lowest BCUT2D eigenvalue weighted by atomic mass is 10.1. The number of carbonyl (C=O) groups is 4. The first-order valence-electron chi connectivity index (χ1n) is 9.93. The largest absolute Gasteiger partial charge is 0.463 e. The normalized spacial score (nSPS) is 21.2. The van der Waals surface area contributed by atoms with Crippen LogP contribution in [0, 0.1) is 11.8 Å². The average molecular weight is 491 g/mol. The summed E-state index contributed by atoms with van der Waals surface area (Å²) >= 11 is 1.39. The summed E-state index contributed by atoms with van der Waals surface area (Å²) in [7, 11) is 1.17. The van der Waals surface area contributed by atoms with E-state index in [1.165, 1.54) is 39.2 Å². The highest BCUT2D eigenvalue weighted by atomic mass is 32.1. The number of esters is 4. The Labute approximate surface area is 198 Å². The zero-order chi connectivity index (χ0) is 24.8.